The van der Waals surface area contributed by atoms with Crippen molar-refractivity contribution in [1.82, 2.24) is 0 Å². The molecule has 1 aliphatic carbocycles. The molecule has 1 aliphatic rings. The Bertz CT molecular complexity index is 744. The minimum absolute atomic E-state index is 0.0670. The van der Waals surface area contributed by atoms with E-state index in [9.17, 15) is 14.7 Å². The number of rotatable bonds is 0. The maximum atomic E-state index is 11.7. The Morgan fingerprint density at radius 3 is 2.50 bits per heavy atom. The molecule has 0 aromatic heterocycles. The van der Waals surface area contributed by atoms with Crippen LogP contribution in [0.15, 0.2) is 36.4 Å². The third kappa shape index (κ3) is 1.45. The fourth-order valence-electron chi connectivity index (χ4n) is 2.13. The molecule has 0 unspecified atom stereocenters. The van der Waals surface area contributed by atoms with Gasteiger partial charge in [0, 0.05) is 16.0 Å². The first kappa shape index (κ1) is 11.0. The molecule has 0 heterocycles. The minimum Gasteiger partial charge on any atom is -0.507 e. The quantitative estimate of drug-likeness (QED) is 0.790. The van der Waals surface area contributed by atoms with E-state index in [0.29, 0.717) is 15.8 Å². The zero-order chi connectivity index (χ0) is 12.9. The van der Waals surface area contributed by atoms with Crippen LogP contribution in [0.3, 0.4) is 0 Å². The van der Waals surface area contributed by atoms with Crippen molar-refractivity contribution in [3.63, 3.8) is 0 Å². The highest BCUT2D eigenvalue weighted by molar-refractivity contribution is 6.32. The lowest BCUT2D eigenvalue weighted by atomic mass is 9.90. The van der Waals surface area contributed by atoms with Crippen LogP contribution in [-0.4, -0.2) is 16.7 Å². The van der Waals surface area contributed by atoms with Crippen LogP contribution in [0.1, 0.15) is 20.7 Å². The van der Waals surface area contributed by atoms with Crippen LogP contribution < -0.4 is 0 Å². The lowest BCUT2D eigenvalue weighted by molar-refractivity contribution is 0.0992. The molecule has 0 saturated carbocycles. The summed E-state index contributed by atoms with van der Waals surface area (Å²) < 4.78 is 0. The maximum Gasteiger partial charge on any atom is 0.190 e. The van der Waals surface area contributed by atoms with E-state index in [4.69, 9.17) is 11.6 Å². The first-order valence-electron chi connectivity index (χ1n) is 5.30. The average molecular weight is 259 g/mol. The molecule has 3 nitrogen and oxygen atoms in total. The maximum absolute atomic E-state index is 11.7. The van der Waals surface area contributed by atoms with Crippen LogP contribution in [0.5, 0.6) is 5.75 Å². The molecule has 0 fully saturated rings. The Morgan fingerprint density at radius 2 is 1.72 bits per heavy atom. The van der Waals surface area contributed by atoms with Gasteiger partial charge in [-0.25, -0.2) is 0 Å². The van der Waals surface area contributed by atoms with Crippen molar-refractivity contribution in [3.8, 4) is 5.75 Å². The van der Waals surface area contributed by atoms with Gasteiger partial charge in [0.1, 0.15) is 5.75 Å². The molecule has 0 amide bonds. The lowest BCUT2D eigenvalue weighted by Crippen LogP contribution is -2.11. The number of hydrogen-bond donors (Lipinski definition) is 1. The molecule has 4 heteroatoms. The highest BCUT2D eigenvalue weighted by Gasteiger charge is 2.24. The molecular weight excluding hydrogens is 252 g/mol. The number of halogens is 1. The Labute approximate surface area is 107 Å². The van der Waals surface area contributed by atoms with Gasteiger partial charge in [0.2, 0.25) is 0 Å². The molecule has 18 heavy (non-hydrogen) atoms. The van der Waals surface area contributed by atoms with Crippen molar-refractivity contribution in [1.29, 1.82) is 0 Å². The number of phenols is 1. The molecule has 3 rings (SSSR count). The third-order valence-corrected chi connectivity index (χ3v) is 3.21. The van der Waals surface area contributed by atoms with Gasteiger partial charge < -0.3 is 5.11 Å². The summed E-state index contributed by atoms with van der Waals surface area (Å²) in [6, 6.07) is 6.48. The molecule has 2 aromatic carbocycles. The van der Waals surface area contributed by atoms with Crippen molar-refractivity contribution in [2.45, 2.75) is 0 Å². The zero-order valence-corrected chi connectivity index (χ0v) is 9.86. The van der Waals surface area contributed by atoms with Crippen molar-refractivity contribution in [2.75, 3.05) is 0 Å². The summed E-state index contributed by atoms with van der Waals surface area (Å²) in [4.78, 5) is 23.5. The second-order valence-corrected chi connectivity index (χ2v) is 4.51. The van der Waals surface area contributed by atoms with Crippen molar-refractivity contribution < 1.29 is 14.7 Å². The van der Waals surface area contributed by atoms with Gasteiger partial charge in [0.15, 0.2) is 11.6 Å². The molecular formula is C14H7ClO3. The fourth-order valence-corrected chi connectivity index (χ4v) is 2.31. The average Bonchev–Trinajstić information content (AvgIpc) is 2.33. The van der Waals surface area contributed by atoms with Crippen LogP contribution in [0.25, 0.3) is 10.8 Å². The van der Waals surface area contributed by atoms with E-state index in [1.807, 2.05) is 0 Å². The fraction of sp³-hybridized carbons (Fsp3) is 0. The molecule has 2 aromatic rings. The van der Waals surface area contributed by atoms with Gasteiger partial charge in [-0.1, -0.05) is 11.6 Å². The van der Waals surface area contributed by atoms with E-state index in [-0.39, 0.29) is 28.4 Å². The third-order valence-electron chi connectivity index (χ3n) is 2.97. The number of allylic oxidation sites excluding steroid dienone is 2. The lowest BCUT2D eigenvalue weighted by Gasteiger charge is -2.13. The number of carbonyl (C=O) groups is 2. The van der Waals surface area contributed by atoms with Gasteiger partial charge in [0.05, 0.1) is 5.56 Å². The number of hydrogen-bond acceptors (Lipinski definition) is 3. The van der Waals surface area contributed by atoms with Crippen molar-refractivity contribution >= 4 is 33.9 Å². The van der Waals surface area contributed by atoms with Gasteiger partial charge in [-0.05, 0) is 41.8 Å². The Kier molecular flexibility index (Phi) is 2.25. The first-order valence-corrected chi connectivity index (χ1v) is 5.67. The van der Waals surface area contributed by atoms with Gasteiger partial charge >= 0.3 is 0 Å². The van der Waals surface area contributed by atoms with Crippen molar-refractivity contribution in [2.24, 2.45) is 0 Å². The molecule has 1 N–H and O–H groups in total. The molecule has 0 radical (unpaired) electrons. The van der Waals surface area contributed by atoms with E-state index in [1.54, 1.807) is 24.3 Å². The standard InChI is InChI=1S/C14H7ClO3/c15-8-1-2-9-7(5-8)6-10-11(16)3-4-12(17)13(10)14(9)18/h1-6,18H. The number of fused-ring (bicyclic) bond motifs is 2. The van der Waals surface area contributed by atoms with Gasteiger partial charge in [0.25, 0.3) is 0 Å². The smallest absolute Gasteiger partial charge is 0.190 e. The van der Waals surface area contributed by atoms with Crippen LogP contribution in [-0.2, 0) is 0 Å². The summed E-state index contributed by atoms with van der Waals surface area (Å²) in [6.45, 7) is 0. The van der Waals surface area contributed by atoms with E-state index < -0.39 is 0 Å². The van der Waals surface area contributed by atoms with E-state index >= 15 is 0 Å². The number of benzene rings is 2. The molecule has 0 aliphatic heterocycles. The second kappa shape index (κ2) is 3.68. The van der Waals surface area contributed by atoms with Crippen molar-refractivity contribution in [3.05, 3.63) is 52.6 Å². The SMILES string of the molecule is O=C1C=CC(=O)c2c1cc1cc(Cl)ccc1c2O. The highest BCUT2D eigenvalue weighted by atomic mass is 35.5. The number of ketones is 2. The van der Waals surface area contributed by atoms with Gasteiger partial charge in [-0.15, -0.1) is 0 Å². The van der Waals surface area contributed by atoms with Crippen LogP contribution >= 0.6 is 11.6 Å². The van der Waals surface area contributed by atoms with E-state index in [2.05, 4.69) is 0 Å². The minimum atomic E-state index is -0.362. The van der Waals surface area contributed by atoms with E-state index in [0.717, 1.165) is 0 Å². The first-order chi connectivity index (χ1) is 8.58. The second-order valence-electron chi connectivity index (χ2n) is 4.08. The summed E-state index contributed by atoms with van der Waals surface area (Å²) in [5.74, 6) is -0.817. The topological polar surface area (TPSA) is 54.4 Å². The van der Waals surface area contributed by atoms with Crippen LogP contribution in [0, 0.1) is 0 Å². The molecule has 0 saturated heterocycles. The summed E-state index contributed by atoms with van der Waals surface area (Å²) >= 11 is 5.87. The summed E-state index contributed by atoms with van der Waals surface area (Å²) in [6.07, 6.45) is 2.38. The van der Waals surface area contributed by atoms with Crippen LogP contribution in [0.2, 0.25) is 5.02 Å². The molecule has 88 valence electrons. The molecule has 0 spiro atoms. The van der Waals surface area contributed by atoms with E-state index in [1.165, 1.54) is 12.2 Å². The highest BCUT2D eigenvalue weighted by Crippen LogP contribution is 2.35. The summed E-state index contributed by atoms with van der Waals surface area (Å²) in [5.41, 5.74) is 0.284. The number of carbonyl (C=O) groups excluding carboxylic acids is 2. The predicted octanol–water partition coefficient (Wildman–Crippen LogP) is 3.13. The van der Waals surface area contributed by atoms with Gasteiger partial charge in [-0.3, -0.25) is 9.59 Å². The largest absolute Gasteiger partial charge is 0.507 e. The molecule has 0 atom stereocenters. The normalized spacial score (nSPS) is 14.1. The predicted molar refractivity (Wildman–Crippen MR) is 68.4 cm³/mol. The number of aromatic hydroxyl groups is 1. The summed E-state index contributed by atoms with van der Waals surface area (Å²) in [5, 5.41) is 11.8. The van der Waals surface area contributed by atoms with Crippen LogP contribution in [0.4, 0.5) is 0 Å². The number of phenolic OH excluding ortho intramolecular Hbond substituents is 1. The Morgan fingerprint density at radius 1 is 1.00 bits per heavy atom. The molecule has 0 bridgehead atoms. The summed E-state index contributed by atoms with van der Waals surface area (Å²) in [7, 11) is 0. The monoisotopic (exact) mass is 258 g/mol. The Balaban J connectivity index is 2.46. The van der Waals surface area contributed by atoms with Gasteiger partial charge in [-0.2, -0.15) is 0 Å². The Hall–Kier alpha value is -2.13. The zero-order valence-electron chi connectivity index (χ0n) is 9.11.